The molecule has 3 aromatic carbocycles. The molecule has 0 aliphatic carbocycles. The number of aromatic nitrogens is 3. The Balaban J connectivity index is 1.79. The Bertz CT molecular complexity index is 1370. The molecule has 4 rings (SSSR count). The maximum absolute atomic E-state index is 15.2. The van der Waals surface area contributed by atoms with Gasteiger partial charge in [0.05, 0.1) is 17.8 Å². The summed E-state index contributed by atoms with van der Waals surface area (Å²) in [4.78, 5) is 28.7. The lowest BCUT2D eigenvalue weighted by Crippen LogP contribution is -2.46. The van der Waals surface area contributed by atoms with Crippen LogP contribution in [-0.2, 0) is 20.9 Å². The van der Waals surface area contributed by atoms with Crippen molar-refractivity contribution in [2.45, 2.75) is 32.4 Å². The van der Waals surface area contributed by atoms with Gasteiger partial charge in [0.15, 0.2) is 0 Å². The standard InChI is InChI=1S/C28H30FN5O3/c1-19(2)20-12-14-21(15-13-20)27(28(36)30-16-17-37-3)34(24-10-6-4-8-22(24)29)26(35)18-33-25-11-7-5-9-23(25)31-32-33/h4-15,19,27H,16-18H2,1-3H3,(H,30,36)/t27-/m0/s1. The Morgan fingerprint density at radius 3 is 2.38 bits per heavy atom. The van der Waals surface area contributed by atoms with Crippen LogP contribution in [0.3, 0.4) is 0 Å². The second kappa shape index (κ2) is 11.7. The second-order valence-electron chi connectivity index (χ2n) is 8.96. The normalized spacial score (nSPS) is 12.0. The molecule has 4 aromatic rings. The predicted molar refractivity (Wildman–Crippen MR) is 140 cm³/mol. The van der Waals surface area contributed by atoms with E-state index in [0.717, 1.165) is 5.56 Å². The molecule has 2 amide bonds. The van der Waals surface area contributed by atoms with E-state index in [1.807, 2.05) is 36.4 Å². The Morgan fingerprint density at radius 2 is 1.68 bits per heavy atom. The molecule has 0 aliphatic heterocycles. The molecule has 8 nitrogen and oxygen atoms in total. The Labute approximate surface area is 215 Å². The van der Waals surface area contributed by atoms with Gasteiger partial charge < -0.3 is 10.1 Å². The fourth-order valence-electron chi connectivity index (χ4n) is 4.16. The number of halogens is 1. The first-order valence-electron chi connectivity index (χ1n) is 12.1. The molecule has 9 heteroatoms. The van der Waals surface area contributed by atoms with Crippen molar-refractivity contribution in [3.63, 3.8) is 0 Å². The molecule has 192 valence electrons. The lowest BCUT2D eigenvalue weighted by molar-refractivity contribution is -0.127. The zero-order chi connectivity index (χ0) is 26.4. The van der Waals surface area contributed by atoms with Gasteiger partial charge in [-0.1, -0.05) is 67.6 Å². The van der Waals surface area contributed by atoms with Gasteiger partial charge in [-0.25, -0.2) is 9.07 Å². The molecule has 1 N–H and O–H groups in total. The highest BCUT2D eigenvalue weighted by Gasteiger charge is 2.34. The first-order chi connectivity index (χ1) is 17.9. The summed E-state index contributed by atoms with van der Waals surface area (Å²) in [5.41, 5.74) is 2.92. The second-order valence-corrected chi connectivity index (χ2v) is 8.96. The van der Waals surface area contributed by atoms with Crippen LogP contribution < -0.4 is 10.2 Å². The monoisotopic (exact) mass is 503 g/mol. The van der Waals surface area contributed by atoms with Crippen molar-refractivity contribution in [3.05, 3.63) is 89.7 Å². The molecule has 0 spiro atoms. The SMILES string of the molecule is COCCNC(=O)[C@H](c1ccc(C(C)C)cc1)N(C(=O)Cn1nnc2ccccc21)c1ccccc1F. The van der Waals surface area contributed by atoms with E-state index in [9.17, 15) is 9.59 Å². The van der Waals surface area contributed by atoms with E-state index in [1.54, 1.807) is 18.2 Å². The number of benzene rings is 3. The zero-order valence-corrected chi connectivity index (χ0v) is 21.1. The van der Waals surface area contributed by atoms with Crippen LogP contribution in [0.2, 0.25) is 0 Å². The summed E-state index contributed by atoms with van der Waals surface area (Å²) in [6.45, 7) is 4.44. The number of carbonyl (C=O) groups excluding carboxylic acids is 2. The number of hydrogen-bond acceptors (Lipinski definition) is 5. The van der Waals surface area contributed by atoms with Crippen LogP contribution in [-0.4, -0.2) is 47.1 Å². The molecule has 0 saturated heterocycles. The molecule has 1 aromatic heterocycles. The molecular formula is C28H30FN5O3. The molecule has 0 unspecified atom stereocenters. The van der Waals surface area contributed by atoms with E-state index in [1.165, 1.54) is 34.9 Å². The zero-order valence-electron chi connectivity index (χ0n) is 21.1. The van der Waals surface area contributed by atoms with Gasteiger partial charge in [-0.3, -0.25) is 14.5 Å². The van der Waals surface area contributed by atoms with Crippen molar-refractivity contribution in [2.75, 3.05) is 25.2 Å². The van der Waals surface area contributed by atoms with Crippen LogP contribution in [0, 0.1) is 5.82 Å². The van der Waals surface area contributed by atoms with Gasteiger partial charge in [0, 0.05) is 13.7 Å². The molecule has 0 radical (unpaired) electrons. The molecule has 0 bridgehead atoms. The summed E-state index contributed by atoms with van der Waals surface area (Å²) in [5, 5.41) is 11.0. The lowest BCUT2D eigenvalue weighted by Gasteiger charge is -2.32. The number of fused-ring (bicyclic) bond motifs is 1. The number of nitrogens with zero attached hydrogens (tertiary/aromatic N) is 4. The number of anilines is 1. The third-order valence-corrected chi connectivity index (χ3v) is 6.12. The highest BCUT2D eigenvalue weighted by Crippen LogP contribution is 2.31. The van der Waals surface area contributed by atoms with Crippen molar-refractivity contribution < 1.29 is 18.7 Å². The largest absolute Gasteiger partial charge is 0.383 e. The summed E-state index contributed by atoms with van der Waals surface area (Å²) >= 11 is 0. The van der Waals surface area contributed by atoms with Crippen molar-refractivity contribution >= 4 is 28.5 Å². The van der Waals surface area contributed by atoms with Gasteiger partial charge in [-0.05, 0) is 41.3 Å². The third-order valence-electron chi connectivity index (χ3n) is 6.12. The van der Waals surface area contributed by atoms with Crippen molar-refractivity contribution in [1.82, 2.24) is 20.3 Å². The van der Waals surface area contributed by atoms with Crippen LogP contribution in [0.15, 0.2) is 72.8 Å². The van der Waals surface area contributed by atoms with E-state index >= 15 is 4.39 Å². The van der Waals surface area contributed by atoms with Gasteiger partial charge in [-0.2, -0.15) is 0 Å². The van der Waals surface area contributed by atoms with Crippen LogP contribution in [0.4, 0.5) is 10.1 Å². The summed E-state index contributed by atoms with van der Waals surface area (Å²) in [6.07, 6.45) is 0. The molecule has 0 aliphatic rings. The Kier molecular flexibility index (Phi) is 8.25. The molecule has 0 fully saturated rings. The number of para-hydroxylation sites is 2. The predicted octanol–water partition coefficient (Wildman–Crippen LogP) is 4.23. The van der Waals surface area contributed by atoms with E-state index in [4.69, 9.17) is 4.74 Å². The average molecular weight is 504 g/mol. The average Bonchev–Trinajstić information content (AvgIpc) is 3.30. The number of carbonyl (C=O) groups is 2. The minimum atomic E-state index is -1.13. The van der Waals surface area contributed by atoms with E-state index in [2.05, 4.69) is 29.5 Å². The molecule has 1 heterocycles. The number of hydrogen-bond donors (Lipinski definition) is 1. The molecular weight excluding hydrogens is 473 g/mol. The summed E-state index contributed by atoms with van der Waals surface area (Å²) in [7, 11) is 1.53. The van der Waals surface area contributed by atoms with Crippen LogP contribution in [0.25, 0.3) is 11.0 Å². The number of methoxy groups -OCH3 is 1. The third kappa shape index (κ3) is 5.83. The number of ether oxygens (including phenoxy) is 1. The maximum Gasteiger partial charge on any atom is 0.249 e. The lowest BCUT2D eigenvalue weighted by atomic mass is 9.97. The van der Waals surface area contributed by atoms with Crippen molar-refractivity contribution in [3.8, 4) is 0 Å². The number of nitrogens with one attached hydrogen (secondary N) is 1. The number of amides is 2. The van der Waals surface area contributed by atoms with Crippen molar-refractivity contribution in [2.24, 2.45) is 0 Å². The van der Waals surface area contributed by atoms with Crippen LogP contribution >= 0.6 is 0 Å². The fourth-order valence-corrected chi connectivity index (χ4v) is 4.16. The molecule has 1 atom stereocenters. The summed E-state index contributed by atoms with van der Waals surface area (Å²) in [5.74, 6) is -1.30. The minimum Gasteiger partial charge on any atom is -0.383 e. The minimum absolute atomic E-state index is 0.00301. The molecule has 0 saturated carbocycles. The first-order valence-corrected chi connectivity index (χ1v) is 12.1. The quantitative estimate of drug-likeness (QED) is 0.327. The summed E-state index contributed by atoms with van der Waals surface area (Å²) in [6, 6.07) is 19.5. The van der Waals surface area contributed by atoms with Gasteiger partial charge in [0.2, 0.25) is 11.8 Å². The number of rotatable bonds is 10. The molecule has 37 heavy (non-hydrogen) atoms. The van der Waals surface area contributed by atoms with E-state index in [-0.39, 0.29) is 24.7 Å². The van der Waals surface area contributed by atoms with E-state index < -0.39 is 23.7 Å². The fraction of sp³-hybridized carbons (Fsp3) is 0.286. The Hall–Kier alpha value is -4.11. The van der Waals surface area contributed by atoms with Crippen LogP contribution in [0.1, 0.15) is 36.9 Å². The van der Waals surface area contributed by atoms with Gasteiger partial charge in [0.1, 0.15) is 23.9 Å². The maximum atomic E-state index is 15.2. The smallest absolute Gasteiger partial charge is 0.249 e. The van der Waals surface area contributed by atoms with Crippen molar-refractivity contribution in [1.29, 1.82) is 0 Å². The highest BCUT2D eigenvalue weighted by atomic mass is 19.1. The van der Waals surface area contributed by atoms with Crippen LogP contribution in [0.5, 0.6) is 0 Å². The Morgan fingerprint density at radius 1 is 1.00 bits per heavy atom. The van der Waals surface area contributed by atoms with Gasteiger partial charge in [0.25, 0.3) is 0 Å². The highest BCUT2D eigenvalue weighted by molar-refractivity contribution is 6.01. The first kappa shape index (κ1) is 26.0. The van der Waals surface area contributed by atoms with Gasteiger partial charge in [-0.15, -0.1) is 5.10 Å². The summed E-state index contributed by atoms with van der Waals surface area (Å²) < 4.78 is 21.7. The topological polar surface area (TPSA) is 89.4 Å². The van der Waals surface area contributed by atoms with Gasteiger partial charge >= 0.3 is 0 Å². The van der Waals surface area contributed by atoms with E-state index in [0.29, 0.717) is 23.2 Å².